The molecule has 1 aliphatic rings. The van der Waals surface area contributed by atoms with Crippen molar-refractivity contribution in [2.45, 2.75) is 26.3 Å². The molecule has 2 aromatic carbocycles. The zero-order chi connectivity index (χ0) is 18.0. The molecule has 0 aliphatic carbocycles. The third kappa shape index (κ3) is 3.63. The lowest BCUT2D eigenvalue weighted by Gasteiger charge is -2.22. The lowest BCUT2D eigenvalue weighted by molar-refractivity contribution is -0.119. The van der Waals surface area contributed by atoms with E-state index in [0.29, 0.717) is 17.8 Å². The fraction of sp³-hybridized carbons (Fsp3) is 0.263. The van der Waals surface area contributed by atoms with Crippen LogP contribution < -0.4 is 15.5 Å². The third-order valence-corrected chi connectivity index (χ3v) is 4.30. The second-order valence-electron chi connectivity index (χ2n) is 6.15. The Morgan fingerprint density at radius 1 is 1.20 bits per heavy atom. The van der Waals surface area contributed by atoms with Crippen molar-refractivity contribution >= 4 is 23.3 Å². The normalized spacial score (nSPS) is 14.0. The SMILES string of the molecule is Cc1ccc(NC(=O)N[C@H](C)C(=O)N2CCc3ccccc32)cc1F. The third-order valence-electron chi connectivity index (χ3n) is 4.30. The number of nitrogens with zero attached hydrogens (tertiary/aromatic N) is 1. The van der Waals surface area contributed by atoms with E-state index in [0.717, 1.165) is 17.7 Å². The van der Waals surface area contributed by atoms with Gasteiger partial charge in [-0.2, -0.15) is 0 Å². The molecule has 0 radical (unpaired) electrons. The summed E-state index contributed by atoms with van der Waals surface area (Å²) < 4.78 is 13.5. The summed E-state index contributed by atoms with van der Waals surface area (Å²) >= 11 is 0. The van der Waals surface area contributed by atoms with Gasteiger partial charge in [-0.25, -0.2) is 9.18 Å². The quantitative estimate of drug-likeness (QED) is 0.900. The molecule has 2 N–H and O–H groups in total. The van der Waals surface area contributed by atoms with Crippen LogP contribution in [0, 0.1) is 12.7 Å². The number of nitrogens with one attached hydrogen (secondary N) is 2. The molecule has 1 aliphatic heterocycles. The number of hydrogen-bond acceptors (Lipinski definition) is 2. The summed E-state index contributed by atoms with van der Waals surface area (Å²) in [5, 5.41) is 5.15. The molecule has 6 heteroatoms. The van der Waals surface area contributed by atoms with Crippen LogP contribution in [0.2, 0.25) is 0 Å². The highest BCUT2D eigenvalue weighted by Gasteiger charge is 2.28. The van der Waals surface area contributed by atoms with Crippen molar-refractivity contribution in [3.63, 3.8) is 0 Å². The molecule has 1 heterocycles. The van der Waals surface area contributed by atoms with E-state index in [1.54, 1.807) is 30.9 Å². The Morgan fingerprint density at radius 3 is 2.72 bits per heavy atom. The van der Waals surface area contributed by atoms with Gasteiger partial charge >= 0.3 is 6.03 Å². The topological polar surface area (TPSA) is 61.4 Å². The Labute approximate surface area is 145 Å². The van der Waals surface area contributed by atoms with Gasteiger partial charge in [0, 0.05) is 17.9 Å². The summed E-state index contributed by atoms with van der Waals surface area (Å²) in [5.41, 5.74) is 2.86. The summed E-state index contributed by atoms with van der Waals surface area (Å²) in [6.45, 7) is 3.89. The van der Waals surface area contributed by atoms with Crippen LogP contribution in [0.1, 0.15) is 18.1 Å². The molecule has 25 heavy (non-hydrogen) atoms. The first-order valence-electron chi connectivity index (χ1n) is 8.18. The average molecular weight is 341 g/mol. The fourth-order valence-corrected chi connectivity index (χ4v) is 2.90. The number of amides is 3. The first kappa shape index (κ1) is 17.0. The van der Waals surface area contributed by atoms with E-state index >= 15 is 0 Å². The minimum atomic E-state index is -0.693. The van der Waals surface area contributed by atoms with Gasteiger partial charge in [-0.3, -0.25) is 4.79 Å². The number of benzene rings is 2. The molecule has 5 nitrogen and oxygen atoms in total. The molecular formula is C19H20FN3O2. The maximum atomic E-state index is 13.5. The predicted octanol–water partition coefficient (Wildman–Crippen LogP) is 3.23. The van der Waals surface area contributed by atoms with Gasteiger partial charge in [-0.05, 0) is 49.6 Å². The summed E-state index contributed by atoms with van der Waals surface area (Å²) in [7, 11) is 0. The molecule has 3 rings (SSSR count). The Hall–Kier alpha value is -2.89. The monoisotopic (exact) mass is 341 g/mol. The van der Waals surface area contributed by atoms with Crippen LogP contribution in [0.4, 0.5) is 20.6 Å². The minimum Gasteiger partial charge on any atom is -0.326 e. The van der Waals surface area contributed by atoms with Gasteiger partial charge in [0.1, 0.15) is 11.9 Å². The standard InChI is InChI=1S/C19H20FN3O2/c1-12-7-8-15(11-16(12)20)22-19(25)21-13(2)18(24)23-10-9-14-5-3-4-6-17(14)23/h3-8,11,13H,9-10H2,1-2H3,(H2,21,22,25)/t13-/m1/s1. The van der Waals surface area contributed by atoms with Gasteiger partial charge < -0.3 is 15.5 Å². The van der Waals surface area contributed by atoms with E-state index in [1.807, 2.05) is 24.3 Å². The van der Waals surface area contributed by atoms with Gasteiger partial charge in [0.15, 0.2) is 0 Å². The van der Waals surface area contributed by atoms with Gasteiger partial charge in [-0.1, -0.05) is 24.3 Å². The summed E-state index contributed by atoms with van der Waals surface area (Å²) in [6, 6.07) is 10.9. The summed E-state index contributed by atoms with van der Waals surface area (Å²) in [5.74, 6) is -0.564. The van der Waals surface area contributed by atoms with Crippen molar-refractivity contribution in [3.05, 3.63) is 59.4 Å². The number of fused-ring (bicyclic) bond motifs is 1. The van der Waals surface area contributed by atoms with Crippen LogP contribution in [-0.4, -0.2) is 24.5 Å². The molecule has 0 unspecified atom stereocenters. The van der Waals surface area contributed by atoms with E-state index < -0.39 is 17.9 Å². The highest BCUT2D eigenvalue weighted by atomic mass is 19.1. The molecule has 2 aromatic rings. The van der Waals surface area contributed by atoms with Crippen LogP contribution in [0.5, 0.6) is 0 Å². The van der Waals surface area contributed by atoms with E-state index in [9.17, 15) is 14.0 Å². The first-order valence-corrected chi connectivity index (χ1v) is 8.18. The predicted molar refractivity (Wildman–Crippen MR) is 95.3 cm³/mol. The molecule has 3 amide bonds. The van der Waals surface area contributed by atoms with Crippen LogP contribution in [0.25, 0.3) is 0 Å². The van der Waals surface area contributed by atoms with Crippen molar-refractivity contribution in [3.8, 4) is 0 Å². The Morgan fingerprint density at radius 2 is 1.96 bits per heavy atom. The average Bonchev–Trinajstić information content (AvgIpc) is 3.01. The number of carbonyl (C=O) groups is 2. The first-order chi connectivity index (χ1) is 12.0. The van der Waals surface area contributed by atoms with E-state index in [4.69, 9.17) is 0 Å². The molecule has 1 atom stereocenters. The number of aryl methyl sites for hydroxylation is 1. The van der Waals surface area contributed by atoms with Crippen molar-refractivity contribution in [2.24, 2.45) is 0 Å². The highest BCUT2D eigenvalue weighted by molar-refractivity contribution is 6.01. The van der Waals surface area contributed by atoms with Gasteiger partial charge in [0.05, 0.1) is 0 Å². The van der Waals surface area contributed by atoms with Crippen molar-refractivity contribution in [1.82, 2.24) is 5.32 Å². The van der Waals surface area contributed by atoms with Crippen molar-refractivity contribution < 1.29 is 14.0 Å². The maximum absolute atomic E-state index is 13.5. The fourth-order valence-electron chi connectivity index (χ4n) is 2.90. The van der Waals surface area contributed by atoms with Crippen LogP contribution in [0.15, 0.2) is 42.5 Å². The minimum absolute atomic E-state index is 0.171. The largest absolute Gasteiger partial charge is 0.326 e. The van der Waals surface area contributed by atoms with Crippen LogP contribution in [-0.2, 0) is 11.2 Å². The lowest BCUT2D eigenvalue weighted by Crippen LogP contribution is -2.47. The summed E-state index contributed by atoms with van der Waals surface area (Å²) in [6.07, 6.45) is 0.809. The molecule has 0 saturated carbocycles. The smallest absolute Gasteiger partial charge is 0.319 e. The lowest BCUT2D eigenvalue weighted by atomic mass is 10.2. The molecule has 0 aromatic heterocycles. The number of rotatable bonds is 3. The zero-order valence-corrected chi connectivity index (χ0v) is 14.2. The number of carbonyl (C=O) groups excluding carboxylic acids is 2. The molecule has 0 spiro atoms. The molecule has 0 fully saturated rings. The van der Waals surface area contributed by atoms with Crippen molar-refractivity contribution in [1.29, 1.82) is 0 Å². The van der Waals surface area contributed by atoms with E-state index in [-0.39, 0.29) is 5.91 Å². The second kappa shape index (κ2) is 6.93. The summed E-state index contributed by atoms with van der Waals surface area (Å²) in [4.78, 5) is 26.4. The number of hydrogen-bond donors (Lipinski definition) is 2. The van der Waals surface area contributed by atoms with Crippen LogP contribution in [0.3, 0.4) is 0 Å². The Balaban J connectivity index is 1.62. The molecule has 130 valence electrons. The highest BCUT2D eigenvalue weighted by Crippen LogP contribution is 2.27. The maximum Gasteiger partial charge on any atom is 0.319 e. The Kier molecular flexibility index (Phi) is 4.70. The molecular weight excluding hydrogens is 321 g/mol. The number of para-hydroxylation sites is 1. The number of halogens is 1. The van der Waals surface area contributed by atoms with Crippen molar-refractivity contribution in [2.75, 3.05) is 16.8 Å². The zero-order valence-electron chi connectivity index (χ0n) is 14.2. The molecule has 0 saturated heterocycles. The Bertz CT molecular complexity index is 822. The van der Waals surface area contributed by atoms with Gasteiger partial charge in [-0.15, -0.1) is 0 Å². The van der Waals surface area contributed by atoms with Crippen LogP contribution >= 0.6 is 0 Å². The molecule has 0 bridgehead atoms. The number of urea groups is 1. The van der Waals surface area contributed by atoms with Gasteiger partial charge in [0.25, 0.3) is 0 Å². The van der Waals surface area contributed by atoms with E-state index in [1.165, 1.54) is 6.07 Å². The van der Waals surface area contributed by atoms with Gasteiger partial charge in [0.2, 0.25) is 5.91 Å². The number of anilines is 2. The van der Waals surface area contributed by atoms with E-state index in [2.05, 4.69) is 10.6 Å². The second-order valence-corrected chi connectivity index (χ2v) is 6.15.